The molecular formula is C19H21N3O2. The molecule has 0 spiro atoms. The molecule has 0 unspecified atom stereocenters. The van der Waals surface area contributed by atoms with Crippen LogP contribution < -0.4 is 5.43 Å². The van der Waals surface area contributed by atoms with Crippen LogP contribution in [0.15, 0.2) is 59.8 Å². The highest BCUT2D eigenvalue weighted by Crippen LogP contribution is 2.25. The van der Waals surface area contributed by atoms with Crippen molar-refractivity contribution in [1.29, 1.82) is 0 Å². The summed E-state index contributed by atoms with van der Waals surface area (Å²) < 4.78 is 0. The number of aryl methyl sites for hydroxylation is 1. The maximum absolute atomic E-state index is 12.6. The van der Waals surface area contributed by atoms with Gasteiger partial charge in [-0.25, -0.2) is 5.01 Å². The van der Waals surface area contributed by atoms with E-state index in [2.05, 4.69) is 17.5 Å². The first-order valence-electron chi connectivity index (χ1n) is 8.03. The highest BCUT2D eigenvalue weighted by atomic mass is 16.7. The van der Waals surface area contributed by atoms with E-state index in [1.807, 2.05) is 68.4 Å². The van der Waals surface area contributed by atoms with Crippen LogP contribution in [0.4, 0.5) is 0 Å². The van der Waals surface area contributed by atoms with Gasteiger partial charge in [-0.1, -0.05) is 54.5 Å². The van der Waals surface area contributed by atoms with Crippen molar-refractivity contribution in [3.63, 3.8) is 0 Å². The smallest absolute Gasteiger partial charge is 0.269 e. The van der Waals surface area contributed by atoms with Gasteiger partial charge in [-0.3, -0.25) is 10.2 Å². The van der Waals surface area contributed by atoms with Crippen molar-refractivity contribution in [2.75, 3.05) is 0 Å². The van der Waals surface area contributed by atoms with E-state index in [9.17, 15) is 4.79 Å². The zero-order valence-electron chi connectivity index (χ0n) is 14.1. The lowest BCUT2D eigenvalue weighted by atomic mass is 10.1. The van der Waals surface area contributed by atoms with E-state index in [1.165, 1.54) is 5.56 Å². The Morgan fingerprint density at radius 2 is 1.79 bits per heavy atom. The van der Waals surface area contributed by atoms with E-state index in [4.69, 9.17) is 4.84 Å². The fourth-order valence-corrected chi connectivity index (χ4v) is 2.51. The van der Waals surface area contributed by atoms with E-state index in [0.29, 0.717) is 11.4 Å². The van der Waals surface area contributed by atoms with Crippen LogP contribution in [-0.2, 0) is 11.3 Å². The van der Waals surface area contributed by atoms with Gasteiger partial charge in [-0.05, 0) is 38.0 Å². The van der Waals surface area contributed by atoms with Crippen molar-refractivity contribution in [2.24, 2.45) is 5.16 Å². The number of benzene rings is 2. The van der Waals surface area contributed by atoms with Gasteiger partial charge in [-0.15, -0.1) is 0 Å². The molecule has 0 aromatic heterocycles. The van der Waals surface area contributed by atoms with Crippen LogP contribution in [0.3, 0.4) is 0 Å². The summed E-state index contributed by atoms with van der Waals surface area (Å²) in [5.74, 6) is 0.388. The monoisotopic (exact) mass is 323 g/mol. The topological polar surface area (TPSA) is 53.9 Å². The van der Waals surface area contributed by atoms with E-state index < -0.39 is 5.72 Å². The summed E-state index contributed by atoms with van der Waals surface area (Å²) in [6.07, 6.45) is 0.944. The van der Waals surface area contributed by atoms with E-state index in [-0.39, 0.29) is 5.91 Å². The molecule has 0 aliphatic carbocycles. The van der Waals surface area contributed by atoms with Crippen molar-refractivity contribution in [3.05, 3.63) is 71.3 Å². The predicted octanol–water partition coefficient (Wildman–Crippen LogP) is 3.32. The van der Waals surface area contributed by atoms with Gasteiger partial charge in [0.05, 0.1) is 0 Å². The van der Waals surface area contributed by atoms with Gasteiger partial charge in [0.25, 0.3) is 5.91 Å². The fourth-order valence-electron chi connectivity index (χ4n) is 2.51. The molecule has 1 amide bonds. The summed E-state index contributed by atoms with van der Waals surface area (Å²) in [6.45, 7) is 5.79. The van der Waals surface area contributed by atoms with E-state index >= 15 is 0 Å². The molecule has 0 atom stereocenters. The molecule has 0 radical (unpaired) electrons. The van der Waals surface area contributed by atoms with Crippen LogP contribution in [-0.4, -0.2) is 22.5 Å². The lowest BCUT2D eigenvalue weighted by Crippen LogP contribution is -2.54. The Labute approximate surface area is 141 Å². The number of nitrogens with one attached hydrogen (secondary N) is 1. The highest BCUT2D eigenvalue weighted by Gasteiger charge is 2.39. The number of carbonyl (C=O) groups excluding carboxylic acids is 1. The van der Waals surface area contributed by atoms with Crippen LogP contribution in [0.2, 0.25) is 0 Å². The second-order valence-electron chi connectivity index (χ2n) is 6.15. The minimum absolute atomic E-state index is 0.195. The van der Waals surface area contributed by atoms with Crippen LogP contribution in [0.25, 0.3) is 0 Å². The number of hydrazine groups is 1. The third-order valence-corrected chi connectivity index (χ3v) is 3.98. The summed E-state index contributed by atoms with van der Waals surface area (Å²) in [4.78, 5) is 18.1. The summed E-state index contributed by atoms with van der Waals surface area (Å²) in [6, 6.07) is 17.2. The van der Waals surface area contributed by atoms with E-state index in [0.717, 1.165) is 12.0 Å². The fraction of sp³-hybridized carbons (Fsp3) is 0.263. The Morgan fingerprint density at radius 3 is 2.42 bits per heavy atom. The molecule has 0 fully saturated rings. The first-order valence-corrected chi connectivity index (χ1v) is 8.03. The van der Waals surface area contributed by atoms with Crippen LogP contribution in [0.5, 0.6) is 0 Å². The average Bonchev–Trinajstić information content (AvgIpc) is 2.90. The zero-order valence-corrected chi connectivity index (χ0v) is 14.1. The van der Waals surface area contributed by atoms with Gasteiger partial charge >= 0.3 is 0 Å². The molecule has 1 aliphatic rings. The number of hydrogen-bond donors (Lipinski definition) is 1. The van der Waals surface area contributed by atoms with Gasteiger partial charge in [0, 0.05) is 11.1 Å². The van der Waals surface area contributed by atoms with Crippen molar-refractivity contribution in [2.45, 2.75) is 32.9 Å². The van der Waals surface area contributed by atoms with Crippen LogP contribution >= 0.6 is 0 Å². The first-order chi connectivity index (χ1) is 11.5. The molecule has 124 valence electrons. The maximum Gasteiger partial charge on any atom is 0.269 e. The van der Waals surface area contributed by atoms with Gasteiger partial charge in [0.15, 0.2) is 5.84 Å². The molecule has 0 saturated carbocycles. The van der Waals surface area contributed by atoms with Crippen LogP contribution in [0, 0.1) is 0 Å². The second kappa shape index (κ2) is 6.35. The van der Waals surface area contributed by atoms with Gasteiger partial charge < -0.3 is 4.84 Å². The van der Waals surface area contributed by atoms with Crippen molar-refractivity contribution in [3.8, 4) is 0 Å². The molecule has 1 aliphatic heterocycles. The lowest BCUT2D eigenvalue weighted by Gasteiger charge is -2.31. The largest absolute Gasteiger partial charge is 0.364 e. The van der Waals surface area contributed by atoms with Gasteiger partial charge in [-0.2, -0.15) is 0 Å². The average molecular weight is 323 g/mol. The Bertz CT molecular complexity index is 752. The number of carbonyl (C=O) groups is 1. The molecule has 24 heavy (non-hydrogen) atoms. The molecule has 1 heterocycles. The Morgan fingerprint density at radius 1 is 1.12 bits per heavy atom. The molecule has 2 aromatic rings. The van der Waals surface area contributed by atoms with Crippen molar-refractivity contribution in [1.82, 2.24) is 10.4 Å². The predicted molar refractivity (Wildman–Crippen MR) is 93.3 cm³/mol. The summed E-state index contributed by atoms with van der Waals surface area (Å²) in [5.41, 5.74) is 4.83. The molecule has 2 aromatic carbocycles. The number of hydrogen-bond acceptors (Lipinski definition) is 4. The number of amides is 1. The number of oxime groups is 1. The van der Waals surface area contributed by atoms with Crippen molar-refractivity contribution >= 4 is 11.7 Å². The number of nitrogens with zero attached hydrogens (tertiary/aromatic N) is 2. The summed E-state index contributed by atoms with van der Waals surface area (Å²) >= 11 is 0. The van der Waals surface area contributed by atoms with Gasteiger partial charge in [0.2, 0.25) is 5.72 Å². The Balaban J connectivity index is 1.82. The van der Waals surface area contributed by atoms with Crippen LogP contribution in [0.1, 0.15) is 42.3 Å². The molecule has 5 nitrogen and oxygen atoms in total. The highest BCUT2D eigenvalue weighted by molar-refractivity contribution is 6.02. The number of amidine groups is 1. The molecular weight excluding hydrogens is 302 g/mol. The van der Waals surface area contributed by atoms with Gasteiger partial charge in [0.1, 0.15) is 0 Å². The van der Waals surface area contributed by atoms with Crippen molar-refractivity contribution < 1.29 is 9.63 Å². The maximum atomic E-state index is 12.6. The minimum Gasteiger partial charge on any atom is -0.364 e. The second-order valence-corrected chi connectivity index (χ2v) is 6.15. The first kappa shape index (κ1) is 16.1. The number of rotatable bonds is 4. The molecule has 3 rings (SSSR count). The normalized spacial score (nSPS) is 15.6. The summed E-state index contributed by atoms with van der Waals surface area (Å²) in [5, 5.41) is 5.81. The zero-order chi connectivity index (χ0) is 17.2. The third-order valence-electron chi connectivity index (χ3n) is 3.98. The minimum atomic E-state index is -0.760. The molecule has 0 bridgehead atoms. The Hall–Kier alpha value is -2.82. The molecule has 5 heteroatoms. The SMILES string of the molecule is CCc1ccc(C(=O)NN2C(c3ccccc3)=NOC2(C)C)cc1. The lowest BCUT2D eigenvalue weighted by molar-refractivity contribution is -0.0824. The van der Waals surface area contributed by atoms with E-state index in [1.54, 1.807) is 5.01 Å². The standard InChI is InChI=1S/C19H21N3O2/c1-4-14-10-12-16(13-11-14)18(23)20-22-17(21-24-19(22,2)3)15-8-6-5-7-9-15/h5-13H,4H2,1-3H3,(H,20,23). The summed E-state index contributed by atoms with van der Waals surface area (Å²) in [7, 11) is 0. The third kappa shape index (κ3) is 3.11. The quantitative estimate of drug-likeness (QED) is 0.939. The molecule has 0 saturated heterocycles. The molecule has 1 N–H and O–H groups in total. The Kier molecular flexibility index (Phi) is 4.25.